The van der Waals surface area contributed by atoms with Crippen LogP contribution in [-0.4, -0.2) is 5.78 Å². The van der Waals surface area contributed by atoms with E-state index in [0.29, 0.717) is 0 Å². The predicted molar refractivity (Wildman–Crippen MR) is 107 cm³/mol. The van der Waals surface area contributed by atoms with Crippen molar-refractivity contribution < 1.29 is 9.18 Å². The molecule has 0 radical (unpaired) electrons. The Hall–Kier alpha value is -1.43. The Balaban J connectivity index is 2.02. The lowest BCUT2D eigenvalue weighted by atomic mass is 10.0. The number of ketones is 1. The molecule has 0 N–H and O–H groups in total. The molecular weight excluding hydrogens is 371 g/mol. The molecule has 0 fully saturated rings. The fourth-order valence-corrected chi connectivity index (χ4v) is 5.97. The average Bonchev–Trinajstić information content (AvgIpc) is 3.07. The third-order valence-corrected chi connectivity index (χ3v) is 7.17. The number of Topliss-reactive ketones (excluding diaryl/α,β-unsaturated/α-hetero) is 1. The number of aryl methyl sites for hydroxylation is 4. The van der Waals surface area contributed by atoms with Gasteiger partial charge in [0.2, 0.25) is 0 Å². The van der Waals surface area contributed by atoms with E-state index in [1.165, 1.54) is 28.8 Å². The van der Waals surface area contributed by atoms with E-state index in [9.17, 15) is 9.18 Å². The average molecular weight is 391 g/mol. The Morgan fingerprint density at radius 1 is 0.960 bits per heavy atom. The third-order valence-electron chi connectivity index (χ3n) is 3.97. The highest BCUT2D eigenvalue weighted by atomic mass is 32.2. The van der Waals surface area contributed by atoms with Crippen LogP contribution >= 0.6 is 34.4 Å². The minimum atomic E-state index is -0.317. The molecule has 3 rings (SSSR count). The fraction of sp³-hybridized carbons (Fsp3) is 0.250. The smallest absolute Gasteiger partial charge is 0.181 e. The highest BCUT2D eigenvalue weighted by molar-refractivity contribution is 8.00. The van der Waals surface area contributed by atoms with Gasteiger partial charge in [0.1, 0.15) is 5.82 Å². The maximum absolute atomic E-state index is 13.3. The Kier molecular flexibility index (Phi) is 5.46. The van der Waals surface area contributed by atoms with E-state index in [0.717, 1.165) is 30.7 Å². The van der Waals surface area contributed by atoms with Crippen molar-refractivity contribution in [2.75, 3.05) is 0 Å². The molecule has 0 saturated heterocycles. The molecule has 0 bridgehead atoms. The zero-order valence-corrected chi connectivity index (χ0v) is 17.0. The van der Waals surface area contributed by atoms with Gasteiger partial charge < -0.3 is 0 Å². The minimum absolute atomic E-state index is 0.122. The molecule has 0 spiro atoms. The first kappa shape index (κ1) is 18.4. The summed E-state index contributed by atoms with van der Waals surface area (Å²) < 4.78 is 13.2. The van der Waals surface area contributed by atoms with Crippen molar-refractivity contribution in [1.29, 1.82) is 0 Å². The molecule has 0 aliphatic heterocycles. The van der Waals surface area contributed by atoms with Gasteiger partial charge in [-0.3, -0.25) is 4.79 Å². The maximum Gasteiger partial charge on any atom is 0.181 e. The lowest BCUT2D eigenvalue weighted by Gasteiger charge is -2.16. The number of hydrogen-bond acceptors (Lipinski definition) is 4. The minimum Gasteiger partial charge on any atom is -0.292 e. The molecule has 0 aliphatic carbocycles. The van der Waals surface area contributed by atoms with Crippen LogP contribution in [-0.2, 0) is 0 Å². The SMILES string of the molecule is Cc1cc(C(=O)C(Sc2ccc(F)cc2)c2cc(C)sc2C)c(C)s1. The van der Waals surface area contributed by atoms with Gasteiger partial charge in [-0.2, -0.15) is 0 Å². The van der Waals surface area contributed by atoms with Gasteiger partial charge >= 0.3 is 0 Å². The Morgan fingerprint density at radius 2 is 1.56 bits per heavy atom. The molecule has 2 heterocycles. The van der Waals surface area contributed by atoms with Gasteiger partial charge in [-0.15, -0.1) is 34.4 Å². The van der Waals surface area contributed by atoms with Crippen LogP contribution < -0.4 is 0 Å². The standard InChI is InChI=1S/C20H19FOS3/c1-11-9-17(13(3)23-11)19(22)20(18-10-12(2)24-14(18)4)25-16-7-5-15(21)6-8-16/h5-10,20H,1-4H3. The summed E-state index contributed by atoms with van der Waals surface area (Å²) in [5, 5.41) is -0.317. The number of benzene rings is 1. The van der Waals surface area contributed by atoms with Gasteiger partial charge in [0, 0.05) is 30.0 Å². The van der Waals surface area contributed by atoms with Crippen LogP contribution in [0.4, 0.5) is 4.39 Å². The van der Waals surface area contributed by atoms with Crippen molar-refractivity contribution in [2.24, 2.45) is 0 Å². The summed E-state index contributed by atoms with van der Waals surface area (Å²) in [5.74, 6) is -0.142. The van der Waals surface area contributed by atoms with Gasteiger partial charge in [0.25, 0.3) is 0 Å². The van der Waals surface area contributed by atoms with Crippen LogP contribution in [0.5, 0.6) is 0 Å². The lowest BCUT2D eigenvalue weighted by Crippen LogP contribution is -2.10. The van der Waals surface area contributed by atoms with Gasteiger partial charge in [-0.1, -0.05) is 0 Å². The molecule has 5 heteroatoms. The van der Waals surface area contributed by atoms with Crippen molar-refractivity contribution >= 4 is 40.2 Å². The summed E-state index contributed by atoms with van der Waals surface area (Å²) in [6.07, 6.45) is 0. The first-order valence-corrected chi connectivity index (χ1v) is 10.5. The van der Waals surface area contributed by atoms with Crippen LogP contribution in [0.1, 0.15) is 40.7 Å². The van der Waals surface area contributed by atoms with Crippen molar-refractivity contribution in [3.63, 3.8) is 0 Å². The third kappa shape index (κ3) is 4.05. The van der Waals surface area contributed by atoms with E-state index in [1.54, 1.807) is 34.8 Å². The highest BCUT2D eigenvalue weighted by Gasteiger charge is 2.28. The number of thiophene rings is 2. The summed E-state index contributed by atoms with van der Waals surface area (Å²) in [5.41, 5.74) is 1.86. The number of carbonyl (C=O) groups excluding carboxylic acids is 1. The predicted octanol–water partition coefficient (Wildman–Crippen LogP) is 6.90. The van der Waals surface area contributed by atoms with Crippen molar-refractivity contribution in [3.05, 3.63) is 72.9 Å². The van der Waals surface area contributed by atoms with E-state index in [2.05, 4.69) is 19.9 Å². The molecule has 1 atom stereocenters. The van der Waals surface area contributed by atoms with Crippen LogP contribution in [0.2, 0.25) is 0 Å². The molecule has 0 aliphatic rings. The van der Waals surface area contributed by atoms with Crippen LogP contribution in [0, 0.1) is 33.5 Å². The fourth-order valence-electron chi connectivity index (χ4n) is 2.83. The second-order valence-electron chi connectivity index (χ2n) is 6.01. The van der Waals surface area contributed by atoms with E-state index < -0.39 is 0 Å². The highest BCUT2D eigenvalue weighted by Crippen LogP contribution is 2.42. The quantitative estimate of drug-likeness (QED) is 0.348. The molecular formula is C20H19FOS3. The second kappa shape index (κ2) is 7.44. The normalized spacial score (nSPS) is 12.4. The molecule has 3 aromatic rings. The van der Waals surface area contributed by atoms with Crippen LogP contribution in [0.25, 0.3) is 0 Å². The zero-order valence-electron chi connectivity index (χ0n) is 14.6. The first-order chi connectivity index (χ1) is 11.8. The first-order valence-electron chi connectivity index (χ1n) is 7.95. The van der Waals surface area contributed by atoms with Crippen molar-refractivity contribution in [3.8, 4) is 0 Å². The number of halogens is 1. The van der Waals surface area contributed by atoms with Crippen molar-refractivity contribution in [1.82, 2.24) is 0 Å². The van der Waals surface area contributed by atoms with Gasteiger partial charge in [0.05, 0.1) is 5.25 Å². The molecule has 25 heavy (non-hydrogen) atoms. The summed E-state index contributed by atoms with van der Waals surface area (Å²) in [7, 11) is 0. The molecule has 0 saturated carbocycles. The monoisotopic (exact) mass is 390 g/mol. The van der Waals surface area contributed by atoms with Crippen LogP contribution in [0.15, 0.2) is 41.3 Å². The Labute approximate surface area is 159 Å². The zero-order chi connectivity index (χ0) is 18.1. The van der Waals surface area contributed by atoms with E-state index >= 15 is 0 Å². The molecule has 1 aromatic carbocycles. The van der Waals surface area contributed by atoms with Gasteiger partial charge in [-0.25, -0.2) is 4.39 Å². The summed E-state index contributed by atoms with van der Waals surface area (Å²) >= 11 is 4.85. The van der Waals surface area contributed by atoms with Gasteiger partial charge in [-0.05, 0) is 69.7 Å². The Morgan fingerprint density at radius 3 is 2.08 bits per heavy atom. The Bertz CT molecular complexity index is 906. The van der Waals surface area contributed by atoms with E-state index in [-0.39, 0.29) is 16.9 Å². The van der Waals surface area contributed by atoms with Gasteiger partial charge in [0.15, 0.2) is 5.78 Å². The number of hydrogen-bond donors (Lipinski definition) is 0. The number of thioether (sulfide) groups is 1. The molecule has 0 amide bonds. The number of carbonyl (C=O) groups is 1. The second-order valence-corrected chi connectivity index (χ2v) is 10.1. The summed E-state index contributed by atoms with van der Waals surface area (Å²) in [6, 6.07) is 10.4. The summed E-state index contributed by atoms with van der Waals surface area (Å²) in [4.78, 5) is 18.8. The lowest BCUT2D eigenvalue weighted by molar-refractivity contribution is 0.0989. The molecule has 130 valence electrons. The van der Waals surface area contributed by atoms with E-state index in [4.69, 9.17) is 0 Å². The largest absolute Gasteiger partial charge is 0.292 e. The van der Waals surface area contributed by atoms with E-state index in [1.807, 2.05) is 19.9 Å². The van der Waals surface area contributed by atoms with Crippen LogP contribution in [0.3, 0.4) is 0 Å². The molecule has 1 unspecified atom stereocenters. The maximum atomic E-state index is 13.3. The molecule has 1 nitrogen and oxygen atoms in total. The van der Waals surface area contributed by atoms with Crippen molar-refractivity contribution in [2.45, 2.75) is 37.8 Å². The molecule has 2 aromatic heterocycles. The topological polar surface area (TPSA) is 17.1 Å². The summed E-state index contributed by atoms with van der Waals surface area (Å²) in [6.45, 7) is 8.14. The number of rotatable bonds is 5.